The highest BCUT2D eigenvalue weighted by Crippen LogP contribution is 2.38. The van der Waals surface area contributed by atoms with Gasteiger partial charge in [0.1, 0.15) is 4.90 Å². The molecule has 4 rings (SSSR count). The molecule has 0 bridgehead atoms. The molecule has 0 radical (unpaired) electrons. The number of carbonyl (C=O) groups is 1. The normalized spacial score (nSPS) is 15.5. The molecule has 1 saturated heterocycles. The van der Waals surface area contributed by atoms with Crippen molar-refractivity contribution in [3.63, 3.8) is 0 Å². The fourth-order valence-electron chi connectivity index (χ4n) is 3.20. The van der Waals surface area contributed by atoms with Gasteiger partial charge in [0, 0.05) is 17.2 Å². The summed E-state index contributed by atoms with van der Waals surface area (Å²) < 4.78 is 37.1. The minimum Gasteiger partial charge on any atom is -0.490 e. The van der Waals surface area contributed by atoms with E-state index in [4.69, 9.17) is 20.5 Å². The summed E-state index contributed by atoms with van der Waals surface area (Å²) in [6, 6.07) is 14.4. The van der Waals surface area contributed by atoms with Crippen molar-refractivity contribution in [2.24, 2.45) is 4.99 Å². The number of nitrogens with zero attached hydrogens (tertiary/aromatic N) is 2. The summed E-state index contributed by atoms with van der Waals surface area (Å²) in [4.78, 5) is 27.3. The van der Waals surface area contributed by atoms with Crippen LogP contribution < -0.4 is 14.2 Å². The van der Waals surface area contributed by atoms with Crippen LogP contribution in [0.15, 0.2) is 75.5 Å². The maximum absolute atomic E-state index is 12.9. The van der Waals surface area contributed by atoms with Crippen molar-refractivity contribution in [1.29, 1.82) is 0 Å². The molecule has 10 nitrogen and oxygen atoms in total. The Morgan fingerprint density at radius 2 is 1.92 bits per heavy atom. The van der Waals surface area contributed by atoms with Gasteiger partial charge in [-0.1, -0.05) is 17.7 Å². The Balaban J connectivity index is 1.62. The molecule has 38 heavy (non-hydrogen) atoms. The van der Waals surface area contributed by atoms with Crippen LogP contribution in [-0.4, -0.2) is 31.0 Å². The summed E-state index contributed by atoms with van der Waals surface area (Å²) in [5.74, 6) is -0.238. The number of nitrogens with one attached hydrogen (secondary N) is 1. The van der Waals surface area contributed by atoms with E-state index in [1.165, 1.54) is 0 Å². The summed E-state index contributed by atoms with van der Waals surface area (Å²) in [6.45, 7) is 1.95. The summed E-state index contributed by atoms with van der Waals surface area (Å²) in [5.41, 5.74) is 0.908. The van der Waals surface area contributed by atoms with Gasteiger partial charge < -0.3 is 14.2 Å². The Morgan fingerprint density at radius 3 is 2.58 bits per heavy atom. The number of amidine groups is 1. The first-order valence-electron chi connectivity index (χ1n) is 10.8. The number of amides is 1. The highest BCUT2D eigenvalue weighted by molar-refractivity contribution is 14.1. The average Bonchev–Trinajstić information content (AvgIpc) is 3.19. The molecule has 0 atom stereocenters. The first-order chi connectivity index (χ1) is 18.1. The number of thioether (sulfide) groups is 1. The SMILES string of the molecule is CCOc1cc(/C=C2/SC(=Nc3cccc(Cl)c3)NC2=O)cc(I)c1OS(=O)(=O)c1ccc([N+](=O)[O-])cc1. The zero-order valence-electron chi connectivity index (χ0n) is 19.4. The van der Waals surface area contributed by atoms with Gasteiger partial charge in [0.25, 0.3) is 11.6 Å². The van der Waals surface area contributed by atoms with Crippen LogP contribution in [0.1, 0.15) is 12.5 Å². The first kappa shape index (κ1) is 27.9. The standard InChI is InChI=1S/C24H17ClIN3O7S2/c1-2-35-20-11-14(12-21-23(30)28-24(37-21)27-16-5-3-4-15(25)13-16)10-19(26)22(20)36-38(33,34)18-8-6-17(7-9-18)29(31)32/h3-13H,2H2,1H3,(H,27,28,30)/b21-12+. The zero-order chi connectivity index (χ0) is 27.4. The monoisotopic (exact) mass is 685 g/mol. The summed E-state index contributed by atoms with van der Waals surface area (Å²) in [6.07, 6.45) is 1.62. The van der Waals surface area contributed by atoms with E-state index >= 15 is 0 Å². The minimum atomic E-state index is -4.32. The van der Waals surface area contributed by atoms with Crippen LogP contribution in [0.5, 0.6) is 11.5 Å². The molecule has 1 fully saturated rings. The fraction of sp³-hybridized carbons (Fsp3) is 0.0833. The van der Waals surface area contributed by atoms with E-state index in [2.05, 4.69) is 10.3 Å². The molecule has 1 N–H and O–H groups in total. The van der Waals surface area contributed by atoms with Crippen LogP contribution in [0, 0.1) is 13.7 Å². The molecule has 3 aromatic rings. The van der Waals surface area contributed by atoms with Crippen molar-refractivity contribution >= 4 is 84.6 Å². The van der Waals surface area contributed by atoms with Crippen LogP contribution in [0.4, 0.5) is 11.4 Å². The number of nitro groups is 1. The van der Waals surface area contributed by atoms with E-state index in [0.717, 1.165) is 36.0 Å². The maximum Gasteiger partial charge on any atom is 0.339 e. The lowest BCUT2D eigenvalue weighted by Gasteiger charge is -2.14. The molecular weight excluding hydrogens is 669 g/mol. The van der Waals surface area contributed by atoms with E-state index in [1.54, 1.807) is 49.4 Å². The topological polar surface area (TPSA) is 137 Å². The van der Waals surface area contributed by atoms with E-state index in [9.17, 15) is 23.3 Å². The van der Waals surface area contributed by atoms with Crippen molar-refractivity contribution in [3.8, 4) is 11.5 Å². The largest absolute Gasteiger partial charge is 0.490 e. The van der Waals surface area contributed by atoms with Gasteiger partial charge in [-0.15, -0.1) is 0 Å². The van der Waals surface area contributed by atoms with Gasteiger partial charge in [0.15, 0.2) is 16.7 Å². The summed E-state index contributed by atoms with van der Waals surface area (Å²) in [5, 5.41) is 14.5. The number of ether oxygens (including phenoxy) is 1. The lowest BCUT2D eigenvalue weighted by molar-refractivity contribution is -0.384. The van der Waals surface area contributed by atoms with Crippen LogP contribution in [0.3, 0.4) is 0 Å². The lowest BCUT2D eigenvalue weighted by Crippen LogP contribution is -2.19. The van der Waals surface area contributed by atoms with Gasteiger partial charge >= 0.3 is 10.1 Å². The molecular formula is C24H17ClIN3O7S2. The summed E-state index contributed by atoms with van der Waals surface area (Å²) in [7, 11) is -4.32. The predicted molar refractivity (Wildman–Crippen MR) is 153 cm³/mol. The fourth-order valence-corrected chi connectivity index (χ4v) is 6.07. The number of nitro benzene ring substituents is 1. The van der Waals surface area contributed by atoms with Gasteiger partial charge in [-0.25, -0.2) is 4.99 Å². The van der Waals surface area contributed by atoms with Crippen LogP contribution >= 0.6 is 46.0 Å². The van der Waals surface area contributed by atoms with E-state index in [0.29, 0.717) is 29.9 Å². The highest BCUT2D eigenvalue weighted by Gasteiger charge is 2.26. The molecule has 0 unspecified atom stereocenters. The number of benzene rings is 3. The highest BCUT2D eigenvalue weighted by atomic mass is 127. The second-order valence-corrected chi connectivity index (χ2v) is 11.7. The zero-order valence-corrected chi connectivity index (χ0v) is 23.9. The molecule has 1 heterocycles. The van der Waals surface area contributed by atoms with Crippen molar-refractivity contribution in [1.82, 2.24) is 5.32 Å². The van der Waals surface area contributed by atoms with Gasteiger partial charge in [-0.05, 0) is 95.4 Å². The number of halogens is 2. The van der Waals surface area contributed by atoms with E-state index in [1.807, 2.05) is 22.6 Å². The Hall–Kier alpha value is -3.14. The van der Waals surface area contributed by atoms with E-state index < -0.39 is 15.0 Å². The predicted octanol–water partition coefficient (Wildman–Crippen LogP) is 5.91. The Morgan fingerprint density at radius 1 is 1.18 bits per heavy atom. The third-order valence-corrected chi connectivity index (χ3v) is 8.03. The Bertz CT molecular complexity index is 1590. The van der Waals surface area contributed by atoms with E-state index in [-0.39, 0.29) is 34.6 Å². The third-order valence-electron chi connectivity index (χ3n) is 4.85. The quantitative estimate of drug-likeness (QED) is 0.102. The number of rotatable bonds is 8. The number of hydrogen-bond donors (Lipinski definition) is 1. The molecule has 1 aliphatic heterocycles. The van der Waals surface area contributed by atoms with Gasteiger partial charge in [0.2, 0.25) is 0 Å². The van der Waals surface area contributed by atoms with Gasteiger partial charge in [0.05, 0.1) is 25.7 Å². The van der Waals surface area contributed by atoms with Crippen LogP contribution in [0.25, 0.3) is 6.08 Å². The van der Waals surface area contributed by atoms with Crippen molar-refractivity contribution in [2.75, 3.05) is 6.61 Å². The third kappa shape index (κ3) is 6.64. The van der Waals surface area contributed by atoms with Crippen molar-refractivity contribution in [3.05, 3.63) is 89.8 Å². The number of non-ortho nitro benzene ring substituents is 1. The molecule has 0 saturated carbocycles. The number of hydrogen-bond acceptors (Lipinski definition) is 9. The molecule has 0 aromatic heterocycles. The minimum absolute atomic E-state index is 0.0420. The molecule has 1 amide bonds. The van der Waals surface area contributed by atoms with Crippen LogP contribution in [0.2, 0.25) is 5.02 Å². The summed E-state index contributed by atoms with van der Waals surface area (Å²) >= 11 is 9.05. The second kappa shape index (κ2) is 11.7. The average molecular weight is 686 g/mol. The lowest BCUT2D eigenvalue weighted by atomic mass is 10.2. The first-order valence-corrected chi connectivity index (χ1v) is 14.4. The van der Waals surface area contributed by atoms with Crippen LogP contribution in [-0.2, 0) is 14.9 Å². The second-order valence-electron chi connectivity index (χ2n) is 7.51. The smallest absolute Gasteiger partial charge is 0.339 e. The molecule has 14 heteroatoms. The molecule has 196 valence electrons. The Labute approximate surface area is 240 Å². The van der Waals surface area contributed by atoms with Crippen molar-refractivity contribution in [2.45, 2.75) is 11.8 Å². The Kier molecular flexibility index (Phi) is 8.60. The van der Waals surface area contributed by atoms with Crippen molar-refractivity contribution < 1.29 is 27.1 Å². The molecule has 1 aliphatic rings. The van der Waals surface area contributed by atoms with Gasteiger partial charge in [-0.2, -0.15) is 8.42 Å². The maximum atomic E-state index is 12.9. The molecule has 0 spiro atoms. The molecule has 3 aromatic carbocycles. The van der Waals surface area contributed by atoms with Gasteiger partial charge in [-0.3, -0.25) is 14.9 Å². The number of aliphatic imine (C=N–C) groups is 1. The molecule has 0 aliphatic carbocycles. The number of carbonyl (C=O) groups excluding carboxylic acids is 1.